The molecule has 0 saturated heterocycles. The number of methoxy groups -OCH3 is 2. The number of sulfonamides is 1. The molecule has 1 N–H and O–H groups in total. The average molecular weight is 490 g/mol. The van der Waals surface area contributed by atoms with E-state index in [1.54, 1.807) is 12.1 Å². The van der Waals surface area contributed by atoms with Gasteiger partial charge in [0.15, 0.2) is 11.0 Å². The van der Waals surface area contributed by atoms with Crippen molar-refractivity contribution in [1.82, 2.24) is 9.97 Å². The van der Waals surface area contributed by atoms with Crippen LogP contribution < -0.4 is 18.9 Å². The van der Waals surface area contributed by atoms with E-state index in [1.807, 2.05) is 44.4 Å². The van der Waals surface area contributed by atoms with E-state index in [9.17, 15) is 8.42 Å². The quantitative estimate of drug-likeness (QED) is 0.331. The molecule has 2 aromatic carbocycles. The molecule has 33 heavy (non-hydrogen) atoms. The minimum atomic E-state index is -3.90. The first-order chi connectivity index (χ1) is 15.7. The van der Waals surface area contributed by atoms with Crippen molar-refractivity contribution in [3.63, 3.8) is 0 Å². The van der Waals surface area contributed by atoms with Crippen LogP contribution in [0.15, 0.2) is 58.6 Å². The number of anilines is 1. The Balaban J connectivity index is 1.97. The summed E-state index contributed by atoms with van der Waals surface area (Å²) in [5.41, 5.74) is 1.46. The fourth-order valence-electron chi connectivity index (χ4n) is 3.05. The Kier molecular flexibility index (Phi) is 8.04. The van der Waals surface area contributed by atoms with Crippen molar-refractivity contribution in [2.24, 2.45) is 0 Å². The molecule has 3 aromatic rings. The predicted molar refractivity (Wildman–Crippen MR) is 129 cm³/mol. The number of rotatable bonds is 10. The molecular formula is C23H27N3O5S2. The van der Waals surface area contributed by atoms with Crippen LogP contribution in [0, 0.1) is 0 Å². The van der Waals surface area contributed by atoms with Gasteiger partial charge in [0.1, 0.15) is 11.5 Å². The number of hydrogen-bond donors (Lipinski definition) is 1. The van der Waals surface area contributed by atoms with Crippen molar-refractivity contribution in [1.29, 1.82) is 0 Å². The van der Waals surface area contributed by atoms with Crippen molar-refractivity contribution in [2.75, 3.05) is 25.2 Å². The van der Waals surface area contributed by atoms with Crippen LogP contribution in [0.3, 0.4) is 0 Å². The van der Waals surface area contributed by atoms with Crippen molar-refractivity contribution in [3.05, 3.63) is 59.7 Å². The largest absolute Gasteiger partial charge is 0.497 e. The zero-order chi connectivity index (χ0) is 24.0. The van der Waals surface area contributed by atoms with E-state index in [4.69, 9.17) is 14.2 Å². The first kappa shape index (κ1) is 24.7. The maximum atomic E-state index is 13.1. The Hall–Kier alpha value is -2.98. The molecule has 10 heteroatoms. The van der Waals surface area contributed by atoms with Crippen molar-refractivity contribution in [2.45, 2.75) is 36.4 Å². The van der Waals surface area contributed by atoms with Gasteiger partial charge in [0.25, 0.3) is 10.0 Å². The molecule has 0 spiro atoms. The van der Waals surface area contributed by atoms with Gasteiger partial charge in [0, 0.05) is 6.42 Å². The van der Waals surface area contributed by atoms with Gasteiger partial charge < -0.3 is 14.2 Å². The number of ether oxygens (including phenoxy) is 3. The molecule has 0 bridgehead atoms. The van der Waals surface area contributed by atoms with Gasteiger partial charge in [-0.3, -0.25) is 4.72 Å². The molecule has 0 fully saturated rings. The number of benzene rings is 2. The molecule has 0 amide bonds. The summed E-state index contributed by atoms with van der Waals surface area (Å²) in [6.07, 6.45) is 2.24. The molecule has 0 unspecified atom stereocenters. The van der Waals surface area contributed by atoms with E-state index in [1.165, 1.54) is 38.1 Å². The third-order valence-electron chi connectivity index (χ3n) is 4.60. The van der Waals surface area contributed by atoms with Gasteiger partial charge >= 0.3 is 0 Å². The second-order valence-corrected chi connectivity index (χ2v) is 9.77. The van der Waals surface area contributed by atoms with Gasteiger partial charge in [-0.1, -0.05) is 23.9 Å². The lowest BCUT2D eigenvalue weighted by atomic mass is 10.1. The monoisotopic (exact) mass is 489 g/mol. The Morgan fingerprint density at radius 3 is 2.12 bits per heavy atom. The minimum absolute atomic E-state index is 0.0717. The molecule has 0 radical (unpaired) electrons. The van der Waals surface area contributed by atoms with Gasteiger partial charge in [0.05, 0.1) is 30.8 Å². The highest BCUT2D eigenvalue weighted by atomic mass is 32.2. The van der Waals surface area contributed by atoms with Crippen molar-refractivity contribution >= 4 is 27.6 Å². The van der Waals surface area contributed by atoms with Gasteiger partial charge in [0.2, 0.25) is 5.88 Å². The van der Waals surface area contributed by atoms with Crippen LogP contribution in [-0.2, 0) is 16.4 Å². The summed E-state index contributed by atoms with van der Waals surface area (Å²) in [6.45, 7) is 3.93. The smallest absolute Gasteiger partial charge is 0.263 e. The standard InChI is InChI=1S/C23H27N3O5S2/c1-15(2)31-18-8-6-16(7-9-18)14-20-21(24-23(32-5)25-22(20)30-4)26-33(27,28)19-12-10-17(29-3)11-13-19/h6-13,15H,14H2,1-5H3,(H,24,25,26). The van der Waals surface area contributed by atoms with Crippen LogP contribution in [0.2, 0.25) is 0 Å². The fraction of sp³-hybridized carbons (Fsp3) is 0.304. The van der Waals surface area contributed by atoms with E-state index in [0.717, 1.165) is 11.3 Å². The predicted octanol–water partition coefficient (Wildman–Crippen LogP) is 4.39. The number of aromatic nitrogens is 2. The van der Waals surface area contributed by atoms with Crippen molar-refractivity contribution in [3.8, 4) is 17.4 Å². The van der Waals surface area contributed by atoms with Crippen LogP contribution in [0.4, 0.5) is 5.82 Å². The molecular weight excluding hydrogens is 462 g/mol. The number of thioether (sulfide) groups is 1. The lowest BCUT2D eigenvalue weighted by molar-refractivity contribution is 0.242. The molecule has 176 valence electrons. The summed E-state index contributed by atoms with van der Waals surface area (Å²) >= 11 is 1.29. The molecule has 1 aromatic heterocycles. The van der Waals surface area contributed by atoms with E-state index in [-0.39, 0.29) is 16.8 Å². The van der Waals surface area contributed by atoms with Crippen LogP contribution in [0.5, 0.6) is 17.4 Å². The van der Waals surface area contributed by atoms with Crippen LogP contribution in [-0.4, -0.2) is 45.0 Å². The Bertz CT molecular complexity index is 1180. The van der Waals surface area contributed by atoms with E-state index in [2.05, 4.69) is 14.7 Å². The molecule has 0 aliphatic carbocycles. The van der Waals surface area contributed by atoms with E-state index in [0.29, 0.717) is 28.8 Å². The number of nitrogens with one attached hydrogen (secondary N) is 1. The topological polar surface area (TPSA) is 99.6 Å². The highest BCUT2D eigenvalue weighted by Gasteiger charge is 2.22. The third-order valence-corrected chi connectivity index (χ3v) is 6.50. The van der Waals surface area contributed by atoms with Gasteiger partial charge in [-0.25, -0.2) is 13.4 Å². The van der Waals surface area contributed by atoms with E-state index < -0.39 is 10.0 Å². The summed E-state index contributed by atoms with van der Waals surface area (Å²) in [6, 6.07) is 13.7. The summed E-state index contributed by atoms with van der Waals surface area (Å²) in [5, 5.41) is 0.392. The second kappa shape index (κ2) is 10.8. The lowest BCUT2D eigenvalue weighted by Crippen LogP contribution is -2.17. The summed E-state index contributed by atoms with van der Waals surface area (Å²) in [4.78, 5) is 8.92. The fourth-order valence-corrected chi connectivity index (χ4v) is 4.44. The third kappa shape index (κ3) is 6.29. The SMILES string of the molecule is COc1ccc(S(=O)(=O)Nc2nc(SC)nc(OC)c2Cc2ccc(OC(C)C)cc2)cc1. The molecule has 3 rings (SSSR count). The normalized spacial score (nSPS) is 11.3. The maximum Gasteiger partial charge on any atom is 0.263 e. The molecule has 0 aliphatic heterocycles. The lowest BCUT2D eigenvalue weighted by Gasteiger charge is -2.16. The first-order valence-electron chi connectivity index (χ1n) is 10.2. The summed E-state index contributed by atoms with van der Waals surface area (Å²) < 4.78 is 45.1. The first-order valence-corrected chi connectivity index (χ1v) is 12.9. The Morgan fingerprint density at radius 1 is 0.939 bits per heavy atom. The highest BCUT2D eigenvalue weighted by Crippen LogP contribution is 2.31. The molecule has 1 heterocycles. The molecule has 0 saturated carbocycles. The minimum Gasteiger partial charge on any atom is -0.497 e. The Labute approximate surface area is 198 Å². The van der Waals surface area contributed by atoms with Crippen molar-refractivity contribution < 1.29 is 22.6 Å². The molecule has 0 aliphatic rings. The molecule has 8 nitrogen and oxygen atoms in total. The molecule has 0 atom stereocenters. The van der Waals surface area contributed by atoms with Crippen LogP contribution >= 0.6 is 11.8 Å². The van der Waals surface area contributed by atoms with Gasteiger partial charge in [-0.05, 0) is 62.1 Å². The van der Waals surface area contributed by atoms with Gasteiger partial charge in [-0.15, -0.1) is 0 Å². The zero-order valence-electron chi connectivity index (χ0n) is 19.2. The maximum absolute atomic E-state index is 13.1. The Morgan fingerprint density at radius 2 is 1.58 bits per heavy atom. The second-order valence-electron chi connectivity index (χ2n) is 7.32. The highest BCUT2D eigenvalue weighted by molar-refractivity contribution is 7.98. The number of hydrogen-bond acceptors (Lipinski definition) is 8. The zero-order valence-corrected chi connectivity index (χ0v) is 20.8. The van der Waals surface area contributed by atoms with Crippen LogP contribution in [0.1, 0.15) is 25.0 Å². The van der Waals surface area contributed by atoms with Crippen LogP contribution in [0.25, 0.3) is 0 Å². The average Bonchev–Trinajstić information content (AvgIpc) is 2.80. The summed E-state index contributed by atoms with van der Waals surface area (Å²) in [7, 11) is -0.886. The number of nitrogens with zero attached hydrogens (tertiary/aromatic N) is 2. The van der Waals surface area contributed by atoms with Gasteiger partial charge in [-0.2, -0.15) is 4.98 Å². The van der Waals surface area contributed by atoms with E-state index >= 15 is 0 Å². The summed E-state index contributed by atoms with van der Waals surface area (Å²) in [5.74, 6) is 1.80.